The Hall–Kier alpha value is -2.21. The topological polar surface area (TPSA) is 72.9 Å². The van der Waals surface area contributed by atoms with Crippen LogP contribution in [0.3, 0.4) is 0 Å². The number of rotatable bonds is 4. The van der Waals surface area contributed by atoms with E-state index in [-0.39, 0.29) is 29.2 Å². The van der Waals surface area contributed by atoms with Crippen molar-refractivity contribution in [2.75, 3.05) is 13.6 Å². The van der Waals surface area contributed by atoms with Gasteiger partial charge in [0.2, 0.25) is 0 Å². The average Bonchev–Trinajstić information content (AvgIpc) is 2.79. The molecule has 2 atom stereocenters. The fourth-order valence-electron chi connectivity index (χ4n) is 2.61. The number of ketones is 1. The maximum absolute atomic E-state index is 12.3. The Morgan fingerprint density at radius 3 is 2.45 bits per heavy atom. The Morgan fingerprint density at radius 2 is 1.86 bits per heavy atom. The monoisotopic (exact) mass is 305 g/mol. The van der Waals surface area contributed by atoms with Crippen molar-refractivity contribution in [1.82, 2.24) is 4.90 Å². The zero-order valence-electron chi connectivity index (χ0n) is 12.9. The highest BCUT2D eigenvalue weighted by atomic mass is 16.6. The number of ether oxygens (including phenoxy) is 2. The van der Waals surface area contributed by atoms with E-state index in [0.717, 1.165) is 0 Å². The number of para-hydroxylation sites is 1. The summed E-state index contributed by atoms with van der Waals surface area (Å²) < 4.78 is 10.5. The first kappa shape index (κ1) is 16.2. The van der Waals surface area contributed by atoms with Gasteiger partial charge >= 0.3 is 11.9 Å². The van der Waals surface area contributed by atoms with E-state index < -0.39 is 11.9 Å². The molecule has 6 heteroatoms. The summed E-state index contributed by atoms with van der Waals surface area (Å²) >= 11 is 0. The summed E-state index contributed by atoms with van der Waals surface area (Å²) in [6.45, 7) is 3.30. The largest absolute Gasteiger partial charge is 0.457 e. The van der Waals surface area contributed by atoms with Crippen LogP contribution in [0.4, 0.5) is 0 Å². The van der Waals surface area contributed by atoms with Crippen LogP contribution in [0, 0.1) is 0 Å². The lowest BCUT2D eigenvalue weighted by molar-refractivity contribution is -0.132. The molecule has 1 aromatic carbocycles. The van der Waals surface area contributed by atoms with Crippen molar-refractivity contribution in [1.29, 1.82) is 0 Å². The zero-order valence-corrected chi connectivity index (χ0v) is 12.9. The van der Waals surface area contributed by atoms with Crippen molar-refractivity contribution in [3.05, 3.63) is 29.8 Å². The van der Waals surface area contributed by atoms with Crippen LogP contribution >= 0.6 is 0 Å². The molecule has 0 aromatic heterocycles. The first-order valence-electron chi connectivity index (χ1n) is 7.07. The molecule has 1 aliphatic heterocycles. The second-order valence-corrected chi connectivity index (χ2v) is 5.42. The van der Waals surface area contributed by atoms with Crippen molar-refractivity contribution in [3.8, 4) is 5.75 Å². The highest BCUT2D eigenvalue weighted by Crippen LogP contribution is 2.24. The Balaban J connectivity index is 2.07. The molecular formula is C16H19NO5. The maximum Gasteiger partial charge on any atom is 0.342 e. The number of esters is 2. The first-order chi connectivity index (χ1) is 10.4. The summed E-state index contributed by atoms with van der Waals surface area (Å²) in [5, 5.41) is 0. The molecule has 0 radical (unpaired) electrons. The van der Waals surface area contributed by atoms with Gasteiger partial charge in [-0.05, 0) is 26.1 Å². The van der Waals surface area contributed by atoms with Crippen molar-refractivity contribution in [2.45, 2.75) is 32.4 Å². The summed E-state index contributed by atoms with van der Waals surface area (Å²) in [5.74, 6) is -0.826. The lowest BCUT2D eigenvalue weighted by Crippen LogP contribution is -2.31. The van der Waals surface area contributed by atoms with Crippen molar-refractivity contribution in [3.63, 3.8) is 0 Å². The number of benzene rings is 1. The quantitative estimate of drug-likeness (QED) is 0.619. The normalized spacial score (nSPS) is 21.4. The summed E-state index contributed by atoms with van der Waals surface area (Å²) in [4.78, 5) is 36.7. The van der Waals surface area contributed by atoms with Gasteiger partial charge in [0.05, 0.1) is 6.04 Å². The molecule has 6 nitrogen and oxygen atoms in total. The van der Waals surface area contributed by atoms with E-state index >= 15 is 0 Å². The number of likely N-dealkylation sites (tertiary alicyclic amines) is 1. The van der Waals surface area contributed by atoms with Gasteiger partial charge in [-0.1, -0.05) is 12.1 Å². The van der Waals surface area contributed by atoms with E-state index in [9.17, 15) is 14.4 Å². The van der Waals surface area contributed by atoms with Crippen LogP contribution in [0.2, 0.25) is 0 Å². The Bertz CT molecular complexity index is 598. The lowest BCUT2D eigenvalue weighted by atomic mass is 10.1. The van der Waals surface area contributed by atoms with Crippen LogP contribution in [-0.4, -0.2) is 48.4 Å². The molecule has 118 valence electrons. The van der Waals surface area contributed by atoms with Gasteiger partial charge in [-0.25, -0.2) is 4.79 Å². The number of Topliss-reactive ketones (excluding diaryl/α,β-unsaturated/α-hetero) is 1. The number of carbonyl (C=O) groups is 3. The van der Waals surface area contributed by atoms with Gasteiger partial charge < -0.3 is 9.47 Å². The van der Waals surface area contributed by atoms with Gasteiger partial charge in [-0.15, -0.1) is 0 Å². The third-order valence-electron chi connectivity index (χ3n) is 3.61. The Kier molecular flexibility index (Phi) is 4.92. The molecule has 1 fully saturated rings. The summed E-state index contributed by atoms with van der Waals surface area (Å²) in [6.07, 6.45) is 0.129. The molecule has 0 bridgehead atoms. The predicted octanol–water partition coefficient (Wildman–Crippen LogP) is 1.43. The minimum absolute atomic E-state index is 0.0568. The van der Waals surface area contributed by atoms with Crippen LogP contribution in [0.1, 0.15) is 30.6 Å². The molecule has 22 heavy (non-hydrogen) atoms. The molecular weight excluding hydrogens is 286 g/mol. The molecule has 1 aromatic rings. The van der Waals surface area contributed by atoms with Crippen molar-refractivity contribution in [2.24, 2.45) is 0 Å². The van der Waals surface area contributed by atoms with Crippen molar-refractivity contribution < 1.29 is 23.9 Å². The van der Waals surface area contributed by atoms with E-state index in [2.05, 4.69) is 0 Å². The summed E-state index contributed by atoms with van der Waals surface area (Å²) in [7, 11) is 1.83. The summed E-state index contributed by atoms with van der Waals surface area (Å²) in [5.41, 5.74) is 0.201. The molecule has 0 spiro atoms. The fraction of sp³-hybridized carbons (Fsp3) is 0.438. The second kappa shape index (κ2) is 6.70. The molecule has 0 aliphatic carbocycles. The number of carbonyl (C=O) groups excluding carboxylic acids is 3. The molecule has 0 unspecified atom stereocenters. The lowest BCUT2D eigenvalue weighted by Gasteiger charge is -2.14. The molecule has 2 rings (SSSR count). The van der Waals surface area contributed by atoms with Crippen LogP contribution in [-0.2, 0) is 14.3 Å². The van der Waals surface area contributed by atoms with Gasteiger partial charge in [-0.2, -0.15) is 0 Å². The Labute approximate surface area is 129 Å². The molecule has 1 saturated heterocycles. The van der Waals surface area contributed by atoms with Crippen LogP contribution in [0.5, 0.6) is 5.75 Å². The number of nitrogens with zero attached hydrogens (tertiary/aromatic N) is 1. The van der Waals surface area contributed by atoms with E-state index in [4.69, 9.17) is 9.47 Å². The Morgan fingerprint density at radius 1 is 1.18 bits per heavy atom. The third kappa shape index (κ3) is 3.71. The molecule has 0 amide bonds. The highest BCUT2D eigenvalue weighted by molar-refractivity contribution is 5.93. The van der Waals surface area contributed by atoms with Gasteiger partial charge in [0, 0.05) is 19.9 Å². The predicted molar refractivity (Wildman–Crippen MR) is 78.7 cm³/mol. The van der Waals surface area contributed by atoms with Crippen LogP contribution < -0.4 is 4.74 Å². The van der Waals surface area contributed by atoms with Gasteiger partial charge in [-0.3, -0.25) is 14.5 Å². The van der Waals surface area contributed by atoms with E-state index in [1.54, 1.807) is 18.2 Å². The third-order valence-corrected chi connectivity index (χ3v) is 3.61. The zero-order chi connectivity index (χ0) is 16.3. The molecule has 1 aliphatic rings. The van der Waals surface area contributed by atoms with Crippen molar-refractivity contribution >= 4 is 17.7 Å². The number of hydrogen-bond acceptors (Lipinski definition) is 6. The molecule has 0 N–H and O–H groups in total. The van der Waals surface area contributed by atoms with E-state index in [1.807, 2.05) is 11.9 Å². The van der Waals surface area contributed by atoms with E-state index in [0.29, 0.717) is 13.0 Å². The smallest absolute Gasteiger partial charge is 0.342 e. The molecule has 1 heterocycles. The number of likely N-dealkylation sites (N-methyl/N-ethyl adjacent to an activating group) is 1. The SMILES string of the molecule is CC(=O)Oc1ccccc1C(=O)O[C@@H]1C[C@@H](C(C)=O)N(C)C1. The average molecular weight is 305 g/mol. The fourth-order valence-corrected chi connectivity index (χ4v) is 2.61. The van der Waals surface area contributed by atoms with Gasteiger partial charge in [0.1, 0.15) is 23.2 Å². The number of hydrogen-bond donors (Lipinski definition) is 0. The highest BCUT2D eigenvalue weighted by Gasteiger charge is 2.35. The van der Waals surface area contributed by atoms with E-state index in [1.165, 1.54) is 19.9 Å². The second-order valence-electron chi connectivity index (χ2n) is 5.42. The van der Waals surface area contributed by atoms with Gasteiger partial charge in [0.25, 0.3) is 0 Å². The van der Waals surface area contributed by atoms with Gasteiger partial charge in [0.15, 0.2) is 0 Å². The van der Waals surface area contributed by atoms with Crippen LogP contribution in [0.15, 0.2) is 24.3 Å². The minimum Gasteiger partial charge on any atom is -0.457 e. The minimum atomic E-state index is -0.556. The standard InChI is InChI=1S/C16H19NO5/c1-10(18)14-8-12(9-17(14)3)22-16(20)13-6-4-5-7-15(13)21-11(2)19/h4-7,12,14H,8-9H2,1-3H3/t12-,14+/m1/s1. The summed E-state index contributed by atoms with van der Waals surface area (Å²) in [6, 6.07) is 6.20. The molecule has 0 saturated carbocycles. The van der Waals surface area contributed by atoms with Crippen LogP contribution in [0.25, 0.3) is 0 Å². The maximum atomic E-state index is 12.3. The first-order valence-corrected chi connectivity index (χ1v) is 7.07.